The Bertz CT molecular complexity index is 2180. The predicted molar refractivity (Wildman–Crippen MR) is 193 cm³/mol. The van der Waals surface area contributed by atoms with Crippen LogP contribution in [0.1, 0.15) is 76.3 Å². The fraction of sp³-hybridized carbons (Fsp3) is 0.526. The van der Waals surface area contributed by atoms with E-state index in [0.717, 1.165) is 87.6 Å². The van der Waals surface area contributed by atoms with Crippen LogP contribution in [-0.4, -0.2) is 76.2 Å². The van der Waals surface area contributed by atoms with E-state index in [1.807, 2.05) is 24.8 Å². The number of rotatable bonds is 7. The summed E-state index contributed by atoms with van der Waals surface area (Å²) in [5.74, 6) is -1.89. The molecule has 278 valence electrons. The van der Waals surface area contributed by atoms with E-state index in [4.69, 9.17) is 9.72 Å². The third kappa shape index (κ3) is 5.87. The lowest BCUT2D eigenvalue weighted by atomic mass is 9.81. The molecule has 1 N–H and O–H groups in total. The van der Waals surface area contributed by atoms with E-state index in [2.05, 4.69) is 21.4 Å². The Balaban J connectivity index is 1.36. The maximum absolute atomic E-state index is 17.4. The summed E-state index contributed by atoms with van der Waals surface area (Å²) in [6.45, 7) is 7.12. The second-order valence-corrected chi connectivity index (χ2v) is 16.2. The molecule has 0 amide bonds. The number of likely N-dealkylation sites (tertiary alicyclic amines) is 1. The zero-order valence-corrected chi connectivity index (χ0v) is 30.4. The smallest absolute Gasteiger partial charge is 0.417 e. The molecule has 6 heterocycles. The van der Waals surface area contributed by atoms with Crippen molar-refractivity contribution >= 4 is 43.1 Å². The molecule has 4 aliphatic heterocycles. The van der Waals surface area contributed by atoms with Crippen molar-refractivity contribution in [1.82, 2.24) is 19.8 Å². The molecular formula is C38H39F5N8OS. The standard InChI is InChI=1S/C38H39F5N8OS/c1-22(2)46-34-25(18-44)28-23(7-8-27(39)32(28)53-34)29-26(38(41,42)43)17-24-31(30(29)40)47-35(52-20-37-10-5-14-50(37)15-6-11-37)48-33(24)49-13-4-3-9-36(19-49)12-16-51(36)21-45/h7-8,17,22,46H,3-6,9-16,19-20H2,1-2H3. The fourth-order valence-electron chi connectivity index (χ4n) is 9.07. The summed E-state index contributed by atoms with van der Waals surface area (Å²) in [5.41, 5.74) is -3.52. The van der Waals surface area contributed by atoms with Crippen molar-refractivity contribution in [2.75, 3.05) is 49.5 Å². The first-order chi connectivity index (χ1) is 25.4. The van der Waals surface area contributed by atoms with E-state index in [9.17, 15) is 10.5 Å². The number of anilines is 2. The van der Waals surface area contributed by atoms with Crippen LogP contribution in [0.2, 0.25) is 0 Å². The molecule has 0 aliphatic carbocycles. The van der Waals surface area contributed by atoms with Gasteiger partial charge in [0.25, 0.3) is 0 Å². The first-order valence-electron chi connectivity index (χ1n) is 18.2. The lowest BCUT2D eigenvalue weighted by molar-refractivity contribution is -0.137. The van der Waals surface area contributed by atoms with Gasteiger partial charge in [0.05, 0.1) is 26.9 Å². The predicted octanol–water partition coefficient (Wildman–Crippen LogP) is 8.42. The van der Waals surface area contributed by atoms with Crippen LogP contribution >= 0.6 is 11.3 Å². The van der Waals surface area contributed by atoms with Gasteiger partial charge in [-0.3, -0.25) is 4.90 Å². The molecule has 4 saturated heterocycles. The Morgan fingerprint density at radius 3 is 2.43 bits per heavy atom. The number of thiophene rings is 1. The number of benzene rings is 2. The number of ether oxygens (including phenoxy) is 1. The van der Waals surface area contributed by atoms with E-state index in [1.165, 1.54) is 0 Å². The van der Waals surface area contributed by atoms with Crippen LogP contribution in [0.5, 0.6) is 6.01 Å². The van der Waals surface area contributed by atoms with E-state index >= 15 is 22.0 Å². The monoisotopic (exact) mass is 750 g/mol. The molecule has 2 aromatic heterocycles. The number of halogens is 5. The largest absolute Gasteiger partial charge is 0.461 e. The first kappa shape index (κ1) is 35.6. The van der Waals surface area contributed by atoms with Crippen molar-refractivity contribution in [3.8, 4) is 29.4 Å². The fourth-order valence-corrected chi connectivity index (χ4v) is 10.3. The third-order valence-electron chi connectivity index (χ3n) is 11.7. The normalized spacial score (nSPS) is 21.5. The molecule has 1 atom stereocenters. The Hall–Kier alpha value is -4.47. The van der Waals surface area contributed by atoms with Gasteiger partial charge in [0.2, 0.25) is 0 Å². The molecular weight excluding hydrogens is 712 g/mol. The van der Waals surface area contributed by atoms with Gasteiger partial charge in [-0.25, -0.2) is 8.78 Å². The minimum atomic E-state index is -5.06. The summed E-state index contributed by atoms with van der Waals surface area (Å²) in [4.78, 5) is 15.2. The number of aromatic nitrogens is 2. The Labute approximate surface area is 307 Å². The van der Waals surface area contributed by atoms with Crippen molar-refractivity contribution in [3.05, 3.63) is 41.0 Å². The number of fused-ring (bicyclic) bond motifs is 3. The summed E-state index contributed by atoms with van der Waals surface area (Å²) < 4.78 is 84.8. The third-order valence-corrected chi connectivity index (χ3v) is 12.8. The maximum atomic E-state index is 17.4. The van der Waals surface area contributed by atoms with Crippen molar-refractivity contribution in [2.24, 2.45) is 0 Å². The minimum Gasteiger partial charge on any atom is -0.461 e. The van der Waals surface area contributed by atoms with Gasteiger partial charge in [0.1, 0.15) is 34.8 Å². The van der Waals surface area contributed by atoms with Crippen molar-refractivity contribution in [1.29, 1.82) is 10.5 Å². The zero-order chi connectivity index (χ0) is 37.3. The Morgan fingerprint density at radius 2 is 1.77 bits per heavy atom. The van der Waals surface area contributed by atoms with Gasteiger partial charge < -0.3 is 19.9 Å². The first-order valence-corrected chi connectivity index (χ1v) is 19.0. The van der Waals surface area contributed by atoms with Crippen LogP contribution in [0.25, 0.3) is 32.1 Å². The quantitative estimate of drug-likeness (QED) is 0.147. The highest BCUT2D eigenvalue weighted by atomic mass is 32.1. The summed E-state index contributed by atoms with van der Waals surface area (Å²) in [5, 5.41) is 23.2. The highest BCUT2D eigenvalue weighted by molar-refractivity contribution is 7.23. The molecule has 15 heteroatoms. The van der Waals surface area contributed by atoms with Crippen LogP contribution in [0, 0.1) is 34.4 Å². The number of hydrogen-bond acceptors (Lipinski definition) is 10. The molecule has 0 radical (unpaired) electrons. The summed E-state index contributed by atoms with van der Waals surface area (Å²) in [6, 6.07) is 4.69. The van der Waals surface area contributed by atoms with Crippen LogP contribution in [0.4, 0.5) is 32.8 Å². The van der Waals surface area contributed by atoms with Gasteiger partial charge in [-0.05, 0) is 96.0 Å². The summed E-state index contributed by atoms with van der Waals surface area (Å²) >= 11 is 0.900. The molecule has 53 heavy (non-hydrogen) atoms. The highest BCUT2D eigenvalue weighted by Gasteiger charge is 2.48. The van der Waals surface area contributed by atoms with Gasteiger partial charge in [-0.15, -0.1) is 11.3 Å². The van der Waals surface area contributed by atoms with Crippen molar-refractivity contribution in [2.45, 2.75) is 88.5 Å². The SMILES string of the molecule is CC(C)Nc1sc2c(F)ccc(-c3c(C(F)(F)F)cc4c(N5CCCCC6(CCN6C#N)C5)nc(OCC56CCCN5CCC6)nc4c3F)c2c1C#N. The Kier molecular flexibility index (Phi) is 8.81. The van der Waals surface area contributed by atoms with Crippen LogP contribution in [0.15, 0.2) is 18.2 Å². The second-order valence-electron chi connectivity index (χ2n) is 15.2. The minimum absolute atomic E-state index is 0.0587. The molecule has 0 bridgehead atoms. The molecule has 4 aromatic rings. The van der Waals surface area contributed by atoms with E-state index in [0.29, 0.717) is 26.1 Å². The number of hydrogen-bond donors (Lipinski definition) is 1. The van der Waals surface area contributed by atoms with Crippen molar-refractivity contribution in [3.63, 3.8) is 0 Å². The van der Waals surface area contributed by atoms with E-state index in [1.54, 1.807) is 4.90 Å². The molecule has 1 unspecified atom stereocenters. The molecule has 1 spiro atoms. The summed E-state index contributed by atoms with van der Waals surface area (Å²) in [7, 11) is 0. The van der Waals surface area contributed by atoms with Gasteiger partial charge in [-0.1, -0.05) is 6.07 Å². The van der Waals surface area contributed by atoms with Crippen LogP contribution in [-0.2, 0) is 6.18 Å². The lowest BCUT2D eigenvalue weighted by Gasteiger charge is -2.51. The maximum Gasteiger partial charge on any atom is 0.417 e. The van der Waals surface area contributed by atoms with Gasteiger partial charge in [-0.2, -0.15) is 33.7 Å². The van der Waals surface area contributed by atoms with Crippen molar-refractivity contribution < 1.29 is 26.7 Å². The lowest BCUT2D eigenvalue weighted by Crippen LogP contribution is -2.62. The van der Waals surface area contributed by atoms with Gasteiger partial charge in [0.15, 0.2) is 12.0 Å². The average molecular weight is 751 g/mol. The number of alkyl halides is 3. The summed E-state index contributed by atoms with van der Waals surface area (Å²) in [6.07, 6.45) is 4.09. The number of nitrogens with zero attached hydrogens (tertiary/aromatic N) is 7. The highest BCUT2D eigenvalue weighted by Crippen LogP contribution is 2.49. The Morgan fingerprint density at radius 1 is 1.00 bits per heavy atom. The molecule has 8 rings (SSSR count). The average Bonchev–Trinajstić information content (AvgIpc) is 3.74. The second kappa shape index (κ2) is 13.1. The molecule has 4 fully saturated rings. The molecule has 0 saturated carbocycles. The van der Waals surface area contributed by atoms with E-state index < -0.39 is 34.5 Å². The van der Waals surface area contributed by atoms with E-state index in [-0.39, 0.29) is 67.1 Å². The molecule has 9 nitrogen and oxygen atoms in total. The van der Waals surface area contributed by atoms with Gasteiger partial charge >= 0.3 is 12.2 Å². The number of nitriles is 2. The number of nitrogens with one attached hydrogen (secondary N) is 1. The van der Waals surface area contributed by atoms with Crippen LogP contribution in [0.3, 0.4) is 0 Å². The zero-order valence-electron chi connectivity index (χ0n) is 29.5. The van der Waals surface area contributed by atoms with Crippen LogP contribution < -0.4 is 15.0 Å². The topological polar surface area (TPSA) is 104 Å². The molecule has 2 aromatic carbocycles. The van der Waals surface area contributed by atoms with Gasteiger partial charge in [0, 0.05) is 42.0 Å². The molecule has 4 aliphatic rings.